The predicted molar refractivity (Wildman–Crippen MR) is 229 cm³/mol. The van der Waals surface area contributed by atoms with Crippen LogP contribution in [0.3, 0.4) is 0 Å². The molecule has 4 saturated carbocycles. The monoisotopic (exact) mass is 933 g/mol. The second kappa shape index (κ2) is 19.0. The van der Waals surface area contributed by atoms with Gasteiger partial charge >= 0.3 is 0 Å². The Morgan fingerprint density at radius 1 is 0.662 bits per heavy atom. The van der Waals surface area contributed by atoms with E-state index in [0.717, 1.165) is 5.57 Å². The summed E-state index contributed by atoms with van der Waals surface area (Å²) in [6.45, 7) is 14.7. The van der Waals surface area contributed by atoms with Crippen molar-refractivity contribution >= 4 is 0 Å². The van der Waals surface area contributed by atoms with Crippen LogP contribution in [-0.2, 0) is 28.4 Å². The molecule has 3 aliphatic heterocycles. The fourth-order valence-electron chi connectivity index (χ4n) is 14.7. The van der Waals surface area contributed by atoms with Gasteiger partial charge in [-0.3, -0.25) is 0 Å². The van der Waals surface area contributed by atoms with Gasteiger partial charge in [0.1, 0.15) is 67.1 Å². The molecular formula is C47H80O18. The second-order valence-corrected chi connectivity index (χ2v) is 22.6. The van der Waals surface area contributed by atoms with Gasteiger partial charge in [-0.25, -0.2) is 0 Å². The maximum atomic E-state index is 12.7. The van der Waals surface area contributed by atoms with Gasteiger partial charge in [-0.15, -0.1) is 0 Å². The SMILES string of the molecule is CC(C)=CCC[C@](C)(O[C@@H]1O[C@H](CO)[C@@H](O)[C@H](O)[C@H]1O)[C@H]1CC[C@]2(C)[C@@H]1[C@H](O)C[C@@H]1[C@@]3(C)CC[C@H](O)C(C)(C)[C@@H]3[C@@H](O[C@@H]3O[C@H](CO)[C@@H](O)[C@H](O)[C@H]3O[C@@H]3O[C@H](CO)[C@H](O)[C@H]3O)C[C@]12C. The molecule has 0 radical (unpaired) electrons. The molecule has 7 aliphatic rings. The van der Waals surface area contributed by atoms with Gasteiger partial charge in [0.05, 0.1) is 43.7 Å². The van der Waals surface area contributed by atoms with E-state index in [1.54, 1.807) is 0 Å². The number of fused-ring (bicyclic) bond motifs is 5. The van der Waals surface area contributed by atoms with Crippen LogP contribution in [-0.4, -0.2) is 191 Å². The molecule has 0 bridgehead atoms. The number of rotatable bonds is 13. The molecule has 0 spiro atoms. The first-order valence-corrected chi connectivity index (χ1v) is 23.9. The summed E-state index contributed by atoms with van der Waals surface area (Å²) in [4.78, 5) is 0. The van der Waals surface area contributed by atoms with Crippen molar-refractivity contribution in [2.75, 3.05) is 19.8 Å². The molecule has 376 valence electrons. The summed E-state index contributed by atoms with van der Waals surface area (Å²) in [5, 5.41) is 131. The lowest BCUT2D eigenvalue weighted by Gasteiger charge is -2.72. The van der Waals surface area contributed by atoms with Gasteiger partial charge < -0.3 is 89.7 Å². The number of aliphatic hydroxyl groups excluding tert-OH is 12. The molecule has 0 aromatic heterocycles. The van der Waals surface area contributed by atoms with Crippen molar-refractivity contribution in [1.29, 1.82) is 0 Å². The quantitative estimate of drug-likeness (QED) is 0.0825. The van der Waals surface area contributed by atoms with E-state index in [2.05, 4.69) is 26.8 Å². The third-order valence-corrected chi connectivity index (χ3v) is 18.4. The lowest BCUT2D eigenvalue weighted by molar-refractivity contribution is -0.367. The Kier molecular flexibility index (Phi) is 15.1. The van der Waals surface area contributed by atoms with Crippen molar-refractivity contribution in [2.45, 2.75) is 217 Å². The van der Waals surface area contributed by atoms with Crippen molar-refractivity contribution in [1.82, 2.24) is 0 Å². The molecule has 0 amide bonds. The summed E-state index contributed by atoms with van der Waals surface area (Å²) < 4.78 is 37.8. The van der Waals surface area contributed by atoms with Gasteiger partial charge in [0.2, 0.25) is 0 Å². The minimum absolute atomic E-state index is 0.0826. The molecular weight excluding hydrogens is 852 g/mol. The van der Waals surface area contributed by atoms with Crippen LogP contribution >= 0.6 is 0 Å². The summed E-state index contributed by atoms with van der Waals surface area (Å²) >= 11 is 0. The summed E-state index contributed by atoms with van der Waals surface area (Å²) in [6, 6.07) is 0. The van der Waals surface area contributed by atoms with E-state index in [1.165, 1.54) is 0 Å². The van der Waals surface area contributed by atoms with Crippen molar-refractivity contribution in [3.8, 4) is 0 Å². The number of ether oxygens (including phenoxy) is 6. The average molecular weight is 933 g/mol. The zero-order valence-electron chi connectivity index (χ0n) is 39.3. The number of aliphatic hydroxyl groups is 12. The second-order valence-electron chi connectivity index (χ2n) is 22.6. The fraction of sp³-hybridized carbons (Fsp3) is 0.957. The van der Waals surface area contributed by atoms with E-state index in [0.29, 0.717) is 51.4 Å². The first-order valence-electron chi connectivity index (χ1n) is 23.9. The van der Waals surface area contributed by atoms with Crippen molar-refractivity contribution in [2.24, 2.45) is 45.3 Å². The lowest BCUT2D eigenvalue weighted by atomic mass is 9.34. The molecule has 7 fully saturated rings. The Labute approximate surface area is 382 Å². The first kappa shape index (κ1) is 51.9. The van der Waals surface area contributed by atoms with Crippen molar-refractivity contribution in [3.05, 3.63) is 11.6 Å². The van der Waals surface area contributed by atoms with Crippen LogP contribution in [0, 0.1) is 45.3 Å². The van der Waals surface area contributed by atoms with E-state index < -0.39 is 151 Å². The van der Waals surface area contributed by atoms with Crippen LogP contribution in [0.15, 0.2) is 11.6 Å². The Bertz CT molecular complexity index is 1660. The van der Waals surface area contributed by atoms with Gasteiger partial charge in [-0.05, 0) is 117 Å². The Morgan fingerprint density at radius 2 is 1.22 bits per heavy atom. The van der Waals surface area contributed by atoms with Crippen LogP contribution in [0.4, 0.5) is 0 Å². The molecule has 18 heteroatoms. The smallest absolute Gasteiger partial charge is 0.187 e. The topological polar surface area (TPSA) is 298 Å². The van der Waals surface area contributed by atoms with Crippen molar-refractivity contribution < 1.29 is 89.7 Å². The minimum atomic E-state index is -1.72. The van der Waals surface area contributed by atoms with Crippen molar-refractivity contribution in [3.63, 3.8) is 0 Å². The molecule has 3 heterocycles. The molecule has 4 aliphatic carbocycles. The van der Waals surface area contributed by atoms with Crippen LogP contribution in [0.2, 0.25) is 0 Å². The van der Waals surface area contributed by atoms with Gasteiger partial charge in [-0.1, -0.05) is 46.3 Å². The third-order valence-electron chi connectivity index (χ3n) is 18.4. The Morgan fingerprint density at radius 3 is 1.82 bits per heavy atom. The maximum absolute atomic E-state index is 12.7. The summed E-state index contributed by atoms with van der Waals surface area (Å²) in [5.74, 6) is -1.11. The number of allylic oxidation sites excluding steroid dienone is 2. The predicted octanol–water partition coefficient (Wildman–Crippen LogP) is -0.417. The van der Waals surface area contributed by atoms with E-state index in [4.69, 9.17) is 28.4 Å². The summed E-state index contributed by atoms with van der Waals surface area (Å²) in [7, 11) is 0. The van der Waals surface area contributed by atoms with Gasteiger partial charge in [0.15, 0.2) is 18.9 Å². The first-order chi connectivity index (χ1) is 30.3. The molecule has 0 aromatic rings. The van der Waals surface area contributed by atoms with Crippen LogP contribution in [0.5, 0.6) is 0 Å². The van der Waals surface area contributed by atoms with E-state index in [-0.39, 0.29) is 23.7 Å². The minimum Gasteiger partial charge on any atom is -0.394 e. The molecule has 0 aromatic carbocycles. The summed E-state index contributed by atoms with van der Waals surface area (Å²) in [5.41, 5.74) is -2.40. The fourth-order valence-corrected chi connectivity index (χ4v) is 14.7. The van der Waals surface area contributed by atoms with Gasteiger partial charge in [0.25, 0.3) is 0 Å². The molecule has 25 atom stereocenters. The van der Waals surface area contributed by atoms with Crippen LogP contribution in [0.1, 0.15) is 107 Å². The highest BCUT2D eigenvalue weighted by molar-refractivity contribution is 5.22. The highest BCUT2D eigenvalue weighted by Gasteiger charge is 2.74. The van der Waals surface area contributed by atoms with E-state index in [9.17, 15) is 61.3 Å². The Balaban J connectivity index is 1.27. The molecule has 65 heavy (non-hydrogen) atoms. The largest absolute Gasteiger partial charge is 0.394 e. The van der Waals surface area contributed by atoms with E-state index >= 15 is 0 Å². The average Bonchev–Trinajstić information content (AvgIpc) is 3.76. The summed E-state index contributed by atoms with van der Waals surface area (Å²) in [6.07, 6.45) is -16.7. The zero-order chi connectivity index (χ0) is 47.9. The molecule has 12 N–H and O–H groups in total. The molecule has 18 nitrogen and oxygen atoms in total. The van der Waals surface area contributed by atoms with E-state index in [1.807, 2.05) is 34.6 Å². The van der Waals surface area contributed by atoms with Gasteiger partial charge in [-0.2, -0.15) is 0 Å². The Hall–Kier alpha value is -0.980. The molecule has 3 saturated heterocycles. The highest BCUT2D eigenvalue weighted by Crippen LogP contribution is 2.76. The number of hydrogen-bond donors (Lipinski definition) is 12. The molecule has 7 rings (SSSR count). The maximum Gasteiger partial charge on any atom is 0.187 e. The third kappa shape index (κ3) is 8.62. The van der Waals surface area contributed by atoms with Crippen LogP contribution < -0.4 is 0 Å². The molecule has 0 unspecified atom stereocenters. The van der Waals surface area contributed by atoms with Crippen LogP contribution in [0.25, 0.3) is 0 Å². The number of hydrogen-bond acceptors (Lipinski definition) is 18. The normalized spacial score (nSPS) is 52.8. The zero-order valence-corrected chi connectivity index (χ0v) is 39.3. The van der Waals surface area contributed by atoms with Gasteiger partial charge in [0, 0.05) is 0 Å². The standard InChI is InChI=1S/C47H80O18/c1-21(2)10-9-13-47(8,65-41-37(59)34(56)31(53)25(18-48)62-41)22-11-15-45(6)30(22)23(51)16-28-44(5)14-12-29(52)43(3,4)39(44)24(17-46(28,45)7)60-42-38(35(57)32(54)26(19-49)63-42)64-40-36(58)33(55)27(20-50)61-40/h10,22-42,48-59H,9,11-20H2,1-8H3/t22-,23+,24-,25+,26+,27+,28+,29-,30-,31+,32+,33-,34-,35-,36+,37+,38+,39-,40-,41-,42+,44+,45+,46+,47-/m0/s1. The highest BCUT2D eigenvalue weighted by atomic mass is 16.8. The lowest BCUT2D eigenvalue weighted by Crippen LogP contribution is -2.71.